The van der Waals surface area contributed by atoms with E-state index in [1.807, 2.05) is 18.2 Å². The van der Waals surface area contributed by atoms with Gasteiger partial charge in [0.25, 0.3) is 0 Å². The molecule has 0 aromatic heterocycles. The lowest BCUT2D eigenvalue weighted by molar-refractivity contribution is 0.415. The van der Waals surface area contributed by atoms with Crippen LogP contribution in [-0.4, -0.2) is 7.11 Å². The molecule has 0 aliphatic heterocycles. The number of benzene rings is 2. The fourth-order valence-electron chi connectivity index (χ4n) is 1.87. The van der Waals surface area contributed by atoms with E-state index >= 15 is 0 Å². The molecule has 0 saturated heterocycles. The standard InChI is InChI=1S/C17H19O/c1-17(2,3)15-7-5-6-14(12-15)13-8-10-16(18-4)11-9-13/h5,7-12H,1-4H3. The summed E-state index contributed by atoms with van der Waals surface area (Å²) in [4.78, 5) is 0. The van der Waals surface area contributed by atoms with E-state index in [4.69, 9.17) is 4.74 Å². The average Bonchev–Trinajstić information content (AvgIpc) is 2.38. The van der Waals surface area contributed by atoms with E-state index in [9.17, 15) is 0 Å². The third kappa shape index (κ3) is 2.73. The maximum atomic E-state index is 5.17. The second-order valence-electron chi connectivity index (χ2n) is 5.47. The van der Waals surface area contributed by atoms with Gasteiger partial charge in [0.05, 0.1) is 7.11 Å². The van der Waals surface area contributed by atoms with Crippen LogP contribution in [0, 0.1) is 6.07 Å². The first-order valence-electron chi connectivity index (χ1n) is 6.17. The molecule has 1 radical (unpaired) electrons. The third-order valence-electron chi connectivity index (χ3n) is 3.07. The van der Waals surface area contributed by atoms with Crippen molar-refractivity contribution in [1.82, 2.24) is 0 Å². The Morgan fingerprint density at radius 1 is 1.00 bits per heavy atom. The number of hydrogen-bond acceptors (Lipinski definition) is 1. The van der Waals surface area contributed by atoms with E-state index < -0.39 is 0 Å². The molecule has 2 aromatic rings. The first-order chi connectivity index (χ1) is 8.50. The van der Waals surface area contributed by atoms with Gasteiger partial charge < -0.3 is 4.74 Å². The van der Waals surface area contributed by atoms with Crippen molar-refractivity contribution in [3.05, 3.63) is 54.1 Å². The van der Waals surface area contributed by atoms with Gasteiger partial charge in [-0.3, -0.25) is 0 Å². The van der Waals surface area contributed by atoms with Crippen LogP contribution >= 0.6 is 0 Å². The molecular weight excluding hydrogens is 220 g/mol. The fourth-order valence-corrected chi connectivity index (χ4v) is 1.87. The SMILES string of the molecule is COc1ccc(-c2[c]ccc(C(C)(C)C)c2)cc1. The van der Waals surface area contributed by atoms with Crippen LogP contribution < -0.4 is 4.74 Å². The second kappa shape index (κ2) is 4.85. The molecule has 0 unspecified atom stereocenters. The summed E-state index contributed by atoms with van der Waals surface area (Å²) >= 11 is 0. The topological polar surface area (TPSA) is 9.23 Å². The van der Waals surface area contributed by atoms with Gasteiger partial charge in [-0.05, 0) is 40.3 Å². The molecule has 0 amide bonds. The number of hydrogen-bond donors (Lipinski definition) is 0. The summed E-state index contributed by atoms with van der Waals surface area (Å²) in [7, 11) is 1.68. The van der Waals surface area contributed by atoms with Gasteiger partial charge in [-0.1, -0.05) is 51.1 Å². The minimum Gasteiger partial charge on any atom is -0.497 e. The molecule has 0 N–H and O–H groups in total. The summed E-state index contributed by atoms with van der Waals surface area (Å²) < 4.78 is 5.17. The Hall–Kier alpha value is -1.76. The number of ether oxygens (including phenoxy) is 1. The monoisotopic (exact) mass is 239 g/mol. The van der Waals surface area contributed by atoms with E-state index in [0.29, 0.717) is 0 Å². The molecule has 0 bridgehead atoms. The Balaban J connectivity index is 2.38. The van der Waals surface area contributed by atoms with Gasteiger partial charge in [0, 0.05) is 0 Å². The van der Waals surface area contributed by atoms with Crippen LogP contribution in [0.5, 0.6) is 5.75 Å². The molecule has 93 valence electrons. The van der Waals surface area contributed by atoms with E-state index in [-0.39, 0.29) is 5.41 Å². The van der Waals surface area contributed by atoms with Gasteiger partial charge in [-0.15, -0.1) is 0 Å². The highest BCUT2D eigenvalue weighted by Crippen LogP contribution is 2.28. The molecule has 1 heteroatoms. The van der Waals surface area contributed by atoms with Crippen LogP contribution in [0.2, 0.25) is 0 Å². The molecule has 0 spiro atoms. The maximum absolute atomic E-state index is 5.17. The largest absolute Gasteiger partial charge is 0.497 e. The van der Waals surface area contributed by atoms with Gasteiger partial charge in [-0.2, -0.15) is 0 Å². The lowest BCUT2D eigenvalue weighted by Crippen LogP contribution is -2.10. The van der Waals surface area contributed by atoms with Crippen LogP contribution in [0.3, 0.4) is 0 Å². The molecule has 2 rings (SSSR count). The Morgan fingerprint density at radius 3 is 2.22 bits per heavy atom. The first kappa shape index (κ1) is 12.7. The average molecular weight is 239 g/mol. The Labute approximate surface area is 109 Å². The summed E-state index contributed by atoms with van der Waals surface area (Å²) in [5.41, 5.74) is 3.79. The molecule has 0 saturated carbocycles. The minimum atomic E-state index is 0.163. The quantitative estimate of drug-likeness (QED) is 0.751. The van der Waals surface area contributed by atoms with Gasteiger partial charge in [0.1, 0.15) is 5.75 Å². The van der Waals surface area contributed by atoms with E-state index in [1.165, 1.54) is 11.1 Å². The van der Waals surface area contributed by atoms with E-state index in [0.717, 1.165) is 11.3 Å². The molecule has 0 heterocycles. The highest BCUT2D eigenvalue weighted by Gasteiger charge is 2.13. The highest BCUT2D eigenvalue weighted by atomic mass is 16.5. The van der Waals surface area contributed by atoms with Crippen LogP contribution in [0.4, 0.5) is 0 Å². The van der Waals surface area contributed by atoms with Crippen LogP contribution in [0.25, 0.3) is 11.1 Å². The third-order valence-corrected chi connectivity index (χ3v) is 3.07. The van der Waals surface area contributed by atoms with Crippen LogP contribution in [0.1, 0.15) is 26.3 Å². The van der Waals surface area contributed by atoms with Crippen molar-refractivity contribution >= 4 is 0 Å². The fraction of sp³-hybridized carbons (Fsp3) is 0.294. The van der Waals surface area contributed by atoms with Crippen molar-refractivity contribution in [2.24, 2.45) is 0 Å². The van der Waals surface area contributed by atoms with Gasteiger partial charge in [0.15, 0.2) is 0 Å². The highest BCUT2D eigenvalue weighted by molar-refractivity contribution is 5.64. The predicted molar refractivity (Wildman–Crippen MR) is 76.0 cm³/mol. The summed E-state index contributed by atoms with van der Waals surface area (Å²) in [6, 6.07) is 17.7. The minimum absolute atomic E-state index is 0.163. The zero-order valence-corrected chi connectivity index (χ0v) is 11.4. The molecule has 18 heavy (non-hydrogen) atoms. The molecular formula is C17H19O. The van der Waals surface area contributed by atoms with Gasteiger partial charge >= 0.3 is 0 Å². The second-order valence-corrected chi connectivity index (χ2v) is 5.47. The summed E-state index contributed by atoms with van der Waals surface area (Å²) in [5.74, 6) is 0.880. The zero-order valence-electron chi connectivity index (χ0n) is 11.4. The normalized spacial score (nSPS) is 11.3. The lowest BCUT2D eigenvalue weighted by atomic mass is 9.85. The van der Waals surface area contributed by atoms with Crippen molar-refractivity contribution in [2.45, 2.75) is 26.2 Å². The predicted octanol–water partition coefficient (Wildman–Crippen LogP) is 4.46. The van der Waals surface area contributed by atoms with Crippen molar-refractivity contribution in [2.75, 3.05) is 7.11 Å². The Bertz CT molecular complexity index is 518. The zero-order chi connectivity index (χ0) is 13.2. The molecule has 2 aromatic carbocycles. The van der Waals surface area contributed by atoms with Crippen molar-refractivity contribution < 1.29 is 4.74 Å². The maximum Gasteiger partial charge on any atom is 0.118 e. The molecule has 0 aliphatic carbocycles. The van der Waals surface area contributed by atoms with Crippen LogP contribution in [-0.2, 0) is 5.41 Å². The van der Waals surface area contributed by atoms with E-state index in [1.54, 1.807) is 7.11 Å². The van der Waals surface area contributed by atoms with Crippen molar-refractivity contribution in [3.8, 4) is 16.9 Å². The van der Waals surface area contributed by atoms with Gasteiger partial charge in [0.2, 0.25) is 0 Å². The Morgan fingerprint density at radius 2 is 1.67 bits per heavy atom. The lowest BCUT2D eigenvalue weighted by Gasteiger charge is -2.19. The van der Waals surface area contributed by atoms with Crippen LogP contribution in [0.15, 0.2) is 42.5 Å². The van der Waals surface area contributed by atoms with Gasteiger partial charge in [-0.25, -0.2) is 0 Å². The number of methoxy groups -OCH3 is 1. The molecule has 0 aliphatic rings. The summed E-state index contributed by atoms with van der Waals surface area (Å²) in [6.07, 6.45) is 0. The summed E-state index contributed by atoms with van der Waals surface area (Å²) in [6.45, 7) is 6.67. The van der Waals surface area contributed by atoms with Crippen molar-refractivity contribution in [3.63, 3.8) is 0 Å². The van der Waals surface area contributed by atoms with E-state index in [2.05, 4.69) is 51.1 Å². The molecule has 1 nitrogen and oxygen atoms in total. The molecule has 0 atom stereocenters. The number of rotatable bonds is 2. The first-order valence-corrected chi connectivity index (χ1v) is 6.17. The molecule has 0 fully saturated rings. The smallest absolute Gasteiger partial charge is 0.118 e. The van der Waals surface area contributed by atoms with Crippen molar-refractivity contribution in [1.29, 1.82) is 0 Å². The Kier molecular flexibility index (Phi) is 3.42. The summed E-state index contributed by atoms with van der Waals surface area (Å²) in [5, 5.41) is 0.